The molecule has 140 valence electrons. The number of ketones is 1. The van der Waals surface area contributed by atoms with Crippen molar-refractivity contribution in [2.75, 3.05) is 22.9 Å². The number of anilines is 2. The summed E-state index contributed by atoms with van der Waals surface area (Å²) in [4.78, 5) is 24.3. The molecule has 26 heavy (non-hydrogen) atoms. The summed E-state index contributed by atoms with van der Waals surface area (Å²) < 4.78 is 0.769. The summed E-state index contributed by atoms with van der Waals surface area (Å²) in [7, 11) is 0. The number of nitrogens with zero attached hydrogens (tertiary/aromatic N) is 2. The van der Waals surface area contributed by atoms with Crippen LogP contribution in [0.5, 0.6) is 0 Å². The van der Waals surface area contributed by atoms with Crippen LogP contribution in [-0.2, 0) is 4.79 Å². The number of Topliss-reactive ketones (excluding diaryl/α,β-unsaturated/α-hetero) is 1. The molecule has 2 aromatic rings. The number of hydrogen-bond donors (Lipinski definition) is 2. The minimum Gasteiger partial charge on any atom is -0.360 e. The smallest absolute Gasteiger partial charge is 0.229 e. The first-order chi connectivity index (χ1) is 12.3. The molecule has 6 nitrogen and oxygen atoms in total. The largest absolute Gasteiger partial charge is 0.360 e. The molecule has 0 spiro atoms. The van der Waals surface area contributed by atoms with Gasteiger partial charge in [0.15, 0.2) is 10.1 Å². The van der Waals surface area contributed by atoms with Crippen LogP contribution in [0.2, 0.25) is 0 Å². The minimum absolute atomic E-state index is 0.0157. The van der Waals surface area contributed by atoms with Crippen LogP contribution in [0, 0.1) is 5.41 Å². The second kappa shape index (κ2) is 9.14. The van der Waals surface area contributed by atoms with Gasteiger partial charge in [-0.2, -0.15) is 0 Å². The van der Waals surface area contributed by atoms with Gasteiger partial charge in [0.2, 0.25) is 11.0 Å². The number of rotatable bonds is 8. The van der Waals surface area contributed by atoms with E-state index >= 15 is 0 Å². The molecule has 0 unspecified atom stereocenters. The van der Waals surface area contributed by atoms with Crippen molar-refractivity contribution in [1.29, 1.82) is 0 Å². The van der Waals surface area contributed by atoms with E-state index in [2.05, 4.69) is 27.8 Å². The monoisotopic (exact) mass is 392 g/mol. The van der Waals surface area contributed by atoms with Crippen molar-refractivity contribution < 1.29 is 9.59 Å². The minimum atomic E-state index is -0.461. The first-order valence-electron chi connectivity index (χ1n) is 8.44. The molecule has 0 saturated carbocycles. The zero-order valence-corrected chi connectivity index (χ0v) is 17.1. The molecule has 0 radical (unpaired) electrons. The standard InChI is InChI=1S/C18H24N4O2S2/c1-5-10-19-16-21-22-17(26-16)25-11-14(23)12-6-8-13(9-7-12)20-15(24)18(2,3)4/h6-9H,5,10-11H2,1-4H3,(H,19,21)(H,20,24). The van der Waals surface area contributed by atoms with E-state index in [4.69, 9.17) is 0 Å². The third kappa shape index (κ3) is 6.10. The third-order valence-electron chi connectivity index (χ3n) is 3.41. The lowest BCUT2D eigenvalue weighted by Gasteiger charge is -2.17. The van der Waals surface area contributed by atoms with E-state index in [1.165, 1.54) is 23.1 Å². The summed E-state index contributed by atoms with van der Waals surface area (Å²) in [5.74, 6) is 0.258. The van der Waals surface area contributed by atoms with Crippen molar-refractivity contribution in [3.05, 3.63) is 29.8 Å². The topological polar surface area (TPSA) is 84.0 Å². The molecule has 1 amide bonds. The highest BCUT2D eigenvalue weighted by Gasteiger charge is 2.21. The summed E-state index contributed by atoms with van der Waals surface area (Å²) in [6.07, 6.45) is 1.02. The second-order valence-electron chi connectivity index (χ2n) is 6.79. The van der Waals surface area contributed by atoms with E-state index in [0.29, 0.717) is 17.0 Å². The molecule has 1 aromatic heterocycles. The van der Waals surface area contributed by atoms with E-state index in [1.54, 1.807) is 24.3 Å². The molecular weight excluding hydrogens is 368 g/mol. The number of hydrogen-bond acceptors (Lipinski definition) is 7. The fraction of sp³-hybridized carbons (Fsp3) is 0.444. The first kappa shape index (κ1) is 20.4. The lowest BCUT2D eigenvalue weighted by atomic mass is 9.95. The van der Waals surface area contributed by atoms with Gasteiger partial charge in [0.05, 0.1) is 5.75 Å². The Labute approximate surface area is 162 Å². The van der Waals surface area contributed by atoms with Gasteiger partial charge >= 0.3 is 0 Å². The first-order valence-corrected chi connectivity index (χ1v) is 10.2. The predicted octanol–water partition coefficient (Wildman–Crippen LogP) is 4.32. The maximum atomic E-state index is 12.3. The van der Waals surface area contributed by atoms with Crippen molar-refractivity contribution in [1.82, 2.24) is 10.2 Å². The number of nitrogens with one attached hydrogen (secondary N) is 2. The summed E-state index contributed by atoms with van der Waals surface area (Å²) in [5.41, 5.74) is 0.836. The average molecular weight is 393 g/mol. The summed E-state index contributed by atoms with van der Waals surface area (Å²) in [6, 6.07) is 6.96. The SMILES string of the molecule is CCCNc1nnc(SCC(=O)c2ccc(NC(=O)C(C)(C)C)cc2)s1. The van der Waals surface area contributed by atoms with Gasteiger partial charge in [-0.25, -0.2) is 0 Å². The lowest BCUT2D eigenvalue weighted by molar-refractivity contribution is -0.123. The van der Waals surface area contributed by atoms with Crippen LogP contribution in [-0.4, -0.2) is 34.2 Å². The molecule has 8 heteroatoms. The summed E-state index contributed by atoms with van der Waals surface area (Å²) >= 11 is 2.83. The Balaban J connectivity index is 1.87. The van der Waals surface area contributed by atoms with E-state index in [1.807, 2.05) is 20.8 Å². The van der Waals surface area contributed by atoms with Crippen LogP contribution in [0.3, 0.4) is 0 Å². The molecular formula is C18H24N4O2S2. The lowest BCUT2D eigenvalue weighted by Crippen LogP contribution is -2.27. The molecule has 2 N–H and O–H groups in total. The van der Waals surface area contributed by atoms with Gasteiger partial charge in [0.25, 0.3) is 0 Å². The average Bonchev–Trinajstić information content (AvgIpc) is 3.05. The van der Waals surface area contributed by atoms with Crippen molar-refractivity contribution in [2.45, 2.75) is 38.5 Å². The van der Waals surface area contributed by atoms with Crippen molar-refractivity contribution in [3.63, 3.8) is 0 Å². The van der Waals surface area contributed by atoms with E-state index in [-0.39, 0.29) is 11.7 Å². The normalized spacial score (nSPS) is 11.2. The van der Waals surface area contributed by atoms with Crippen molar-refractivity contribution in [2.24, 2.45) is 5.41 Å². The third-order valence-corrected chi connectivity index (χ3v) is 5.42. The van der Waals surface area contributed by atoms with Gasteiger partial charge in [-0.05, 0) is 30.7 Å². The van der Waals surface area contributed by atoms with Gasteiger partial charge in [-0.3, -0.25) is 9.59 Å². The molecule has 0 saturated heterocycles. The van der Waals surface area contributed by atoms with E-state index in [9.17, 15) is 9.59 Å². The van der Waals surface area contributed by atoms with Crippen LogP contribution >= 0.6 is 23.1 Å². The Morgan fingerprint density at radius 3 is 2.46 bits per heavy atom. The van der Waals surface area contributed by atoms with E-state index in [0.717, 1.165) is 22.4 Å². The quantitative estimate of drug-likeness (QED) is 0.514. The second-order valence-corrected chi connectivity index (χ2v) is 8.99. The maximum Gasteiger partial charge on any atom is 0.229 e. The van der Waals surface area contributed by atoms with Crippen LogP contribution in [0.25, 0.3) is 0 Å². The molecule has 2 rings (SSSR count). The number of benzene rings is 1. The number of amides is 1. The van der Waals surface area contributed by atoms with Gasteiger partial charge in [0, 0.05) is 23.2 Å². The number of carbonyl (C=O) groups excluding carboxylic acids is 2. The Hall–Kier alpha value is -1.93. The van der Waals surface area contributed by atoms with Gasteiger partial charge in [0.1, 0.15) is 0 Å². The predicted molar refractivity (Wildman–Crippen MR) is 108 cm³/mol. The maximum absolute atomic E-state index is 12.3. The van der Waals surface area contributed by atoms with Crippen LogP contribution in [0.1, 0.15) is 44.5 Å². The van der Waals surface area contributed by atoms with Crippen LogP contribution in [0.15, 0.2) is 28.6 Å². The molecule has 1 heterocycles. The van der Waals surface area contributed by atoms with Crippen LogP contribution < -0.4 is 10.6 Å². The molecule has 1 aromatic carbocycles. The van der Waals surface area contributed by atoms with Gasteiger partial charge in [-0.15, -0.1) is 10.2 Å². The Bertz CT molecular complexity index is 751. The molecule has 0 aliphatic carbocycles. The number of aromatic nitrogens is 2. The number of thioether (sulfide) groups is 1. The molecule has 0 bridgehead atoms. The Morgan fingerprint density at radius 2 is 1.85 bits per heavy atom. The van der Waals surface area contributed by atoms with Crippen molar-refractivity contribution >= 4 is 45.6 Å². The fourth-order valence-electron chi connectivity index (χ4n) is 1.84. The summed E-state index contributed by atoms with van der Waals surface area (Å²) in [6.45, 7) is 8.51. The fourth-order valence-corrected chi connectivity index (χ4v) is 3.51. The highest BCUT2D eigenvalue weighted by Crippen LogP contribution is 2.26. The van der Waals surface area contributed by atoms with Gasteiger partial charge < -0.3 is 10.6 Å². The van der Waals surface area contributed by atoms with Crippen LogP contribution in [0.4, 0.5) is 10.8 Å². The van der Waals surface area contributed by atoms with Gasteiger partial charge in [-0.1, -0.05) is 50.8 Å². The Kier molecular flexibility index (Phi) is 7.16. The summed E-state index contributed by atoms with van der Waals surface area (Å²) in [5, 5.41) is 14.9. The number of carbonyl (C=O) groups is 2. The van der Waals surface area contributed by atoms with E-state index < -0.39 is 5.41 Å². The zero-order valence-electron chi connectivity index (χ0n) is 15.5. The molecule has 0 fully saturated rings. The Morgan fingerprint density at radius 1 is 1.15 bits per heavy atom. The molecule has 0 aliphatic heterocycles. The molecule has 0 aliphatic rings. The highest BCUT2D eigenvalue weighted by atomic mass is 32.2. The molecule has 0 atom stereocenters. The van der Waals surface area contributed by atoms with Crippen molar-refractivity contribution in [3.8, 4) is 0 Å². The zero-order chi connectivity index (χ0) is 19.2. The highest BCUT2D eigenvalue weighted by molar-refractivity contribution is 8.01.